The van der Waals surface area contributed by atoms with Crippen LogP contribution in [0.25, 0.3) is 0 Å². The van der Waals surface area contributed by atoms with Crippen LogP contribution in [0.1, 0.15) is 0 Å². The molecule has 0 fully saturated rings. The standard InChI is InChI=1S/C10H14N2O4S/c1-11(9-7-5-4-6-8-9)10(13)12(16-2)17(3,14)15/h4-8H,1-3H3. The Bertz CT molecular complexity index is 486. The van der Waals surface area contributed by atoms with Crippen LogP contribution in [0.15, 0.2) is 30.3 Å². The summed E-state index contributed by atoms with van der Waals surface area (Å²) in [6.07, 6.45) is 0.896. The van der Waals surface area contributed by atoms with Crippen LogP contribution in [0.4, 0.5) is 10.5 Å². The van der Waals surface area contributed by atoms with Gasteiger partial charge in [0, 0.05) is 12.7 Å². The Labute approximate surface area is 100 Å². The second-order valence-electron chi connectivity index (χ2n) is 3.35. The second-order valence-corrected chi connectivity index (χ2v) is 5.15. The number of para-hydroxylation sites is 1. The molecule has 17 heavy (non-hydrogen) atoms. The molecular weight excluding hydrogens is 244 g/mol. The summed E-state index contributed by atoms with van der Waals surface area (Å²) in [4.78, 5) is 17.6. The largest absolute Gasteiger partial charge is 0.362 e. The lowest BCUT2D eigenvalue weighted by Crippen LogP contribution is -2.43. The van der Waals surface area contributed by atoms with Crippen LogP contribution >= 0.6 is 0 Å². The van der Waals surface area contributed by atoms with Gasteiger partial charge in [-0.2, -0.15) is 0 Å². The van der Waals surface area contributed by atoms with Crippen molar-refractivity contribution in [2.24, 2.45) is 0 Å². The molecule has 0 saturated carbocycles. The Hall–Kier alpha value is -1.60. The SMILES string of the molecule is CON(C(=O)N(C)c1ccccc1)S(C)(=O)=O. The number of nitrogens with zero attached hydrogens (tertiary/aromatic N) is 2. The Kier molecular flexibility index (Phi) is 4.08. The summed E-state index contributed by atoms with van der Waals surface area (Å²) in [6.45, 7) is 0. The molecule has 1 aromatic carbocycles. The highest BCUT2D eigenvalue weighted by molar-refractivity contribution is 7.88. The summed E-state index contributed by atoms with van der Waals surface area (Å²) < 4.78 is 22.9. The van der Waals surface area contributed by atoms with Gasteiger partial charge in [0.05, 0.1) is 13.4 Å². The number of amides is 2. The highest BCUT2D eigenvalue weighted by atomic mass is 32.2. The zero-order valence-corrected chi connectivity index (χ0v) is 10.6. The van der Waals surface area contributed by atoms with Crippen molar-refractivity contribution in [2.45, 2.75) is 0 Å². The number of hydrogen-bond acceptors (Lipinski definition) is 4. The van der Waals surface area contributed by atoms with Gasteiger partial charge in [0.25, 0.3) is 10.0 Å². The summed E-state index contributed by atoms with van der Waals surface area (Å²) in [6, 6.07) is 7.89. The van der Waals surface area contributed by atoms with E-state index < -0.39 is 16.1 Å². The molecule has 0 radical (unpaired) electrons. The average Bonchev–Trinajstić information content (AvgIpc) is 2.28. The summed E-state index contributed by atoms with van der Waals surface area (Å²) >= 11 is 0. The Morgan fingerprint density at radius 2 is 1.76 bits per heavy atom. The monoisotopic (exact) mass is 258 g/mol. The van der Waals surface area contributed by atoms with Crippen LogP contribution in [0.2, 0.25) is 0 Å². The lowest BCUT2D eigenvalue weighted by Gasteiger charge is -2.23. The number of hydroxylamine groups is 1. The first-order valence-corrected chi connectivity index (χ1v) is 6.60. The topological polar surface area (TPSA) is 66.9 Å². The minimum atomic E-state index is -3.75. The highest BCUT2D eigenvalue weighted by Gasteiger charge is 2.27. The minimum Gasteiger partial charge on any atom is -0.295 e. The van der Waals surface area contributed by atoms with Crippen molar-refractivity contribution in [1.82, 2.24) is 4.47 Å². The first-order chi connectivity index (χ1) is 7.88. The predicted molar refractivity (Wildman–Crippen MR) is 63.9 cm³/mol. The first-order valence-electron chi connectivity index (χ1n) is 4.75. The Morgan fingerprint density at radius 1 is 1.24 bits per heavy atom. The number of carbonyl (C=O) groups is 1. The van der Waals surface area contributed by atoms with E-state index in [1.54, 1.807) is 30.3 Å². The van der Waals surface area contributed by atoms with Crippen LogP contribution in [-0.4, -0.2) is 39.3 Å². The van der Waals surface area contributed by atoms with Gasteiger partial charge in [-0.3, -0.25) is 9.74 Å². The van der Waals surface area contributed by atoms with E-state index in [2.05, 4.69) is 4.84 Å². The van der Waals surface area contributed by atoms with Gasteiger partial charge in [-0.15, -0.1) is 0 Å². The molecule has 6 nitrogen and oxygen atoms in total. The van der Waals surface area contributed by atoms with E-state index in [0.29, 0.717) is 10.2 Å². The van der Waals surface area contributed by atoms with E-state index in [4.69, 9.17) is 0 Å². The Balaban J connectivity index is 2.98. The molecule has 94 valence electrons. The molecule has 0 saturated heterocycles. The summed E-state index contributed by atoms with van der Waals surface area (Å²) in [5.41, 5.74) is 0.572. The van der Waals surface area contributed by atoms with Crippen molar-refractivity contribution in [3.05, 3.63) is 30.3 Å². The normalized spacial score (nSPS) is 11.0. The lowest BCUT2D eigenvalue weighted by atomic mass is 10.3. The van der Waals surface area contributed by atoms with E-state index in [1.165, 1.54) is 11.9 Å². The van der Waals surface area contributed by atoms with Gasteiger partial charge in [-0.05, 0) is 12.1 Å². The molecule has 0 N–H and O–H groups in total. The number of urea groups is 1. The van der Waals surface area contributed by atoms with Crippen LogP contribution < -0.4 is 4.90 Å². The smallest absolute Gasteiger partial charge is 0.295 e. The summed E-state index contributed by atoms with van der Waals surface area (Å²) in [5, 5.41) is 0. The molecule has 7 heteroatoms. The first kappa shape index (κ1) is 13.5. The van der Waals surface area contributed by atoms with Crippen molar-refractivity contribution in [2.75, 3.05) is 25.3 Å². The van der Waals surface area contributed by atoms with Crippen LogP contribution in [0, 0.1) is 0 Å². The number of hydrogen-bond donors (Lipinski definition) is 0. The molecule has 0 aromatic heterocycles. The maximum Gasteiger partial charge on any atom is 0.362 e. The van der Waals surface area contributed by atoms with E-state index in [1.807, 2.05) is 0 Å². The lowest BCUT2D eigenvalue weighted by molar-refractivity contribution is -0.00699. The number of benzene rings is 1. The molecule has 1 aromatic rings. The molecule has 0 heterocycles. The van der Waals surface area contributed by atoms with Crippen LogP contribution in [-0.2, 0) is 14.9 Å². The maximum atomic E-state index is 11.9. The number of sulfonamides is 1. The van der Waals surface area contributed by atoms with Crippen LogP contribution in [0.5, 0.6) is 0 Å². The zero-order chi connectivity index (χ0) is 13.1. The molecule has 0 aliphatic carbocycles. The van der Waals surface area contributed by atoms with Crippen molar-refractivity contribution >= 4 is 21.7 Å². The molecule has 1 rings (SSSR count). The third-order valence-electron chi connectivity index (χ3n) is 2.05. The molecule has 0 bridgehead atoms. The van der Waals surface area contributed by atoms with Crippen molar-refractivity contribution in [1.29, 1.82) is 0 Å². The van der Waals surface area contributed by atoms with Gasteiger partial charge in [0.2, 0.25) is 0 Å². The fourth-order valence-electron chi connectivity index (χ4n) is 1.24. The van der Waals surface area contributed by atoms with Gasteiger partial charge in [0.1, 0.15) is 0 Å². The van der Waals surface area contributed by atoms with Gasteiger partial charge in [0.15, 0.2) is 0 Å². The van der Waals surface area contributed by atoms with E-state index in [9.17, 15) is 13.2 Å². The third-order valence-corrected chi connectivity index (χ3v) is 2.96. The van der Waals surface area contributed by atoms with Gasteiger partial charge < -0.3 is 0 Å². The van der Waals surface area contributed by atoms with E-state index in [-0.39, 0.29) is 0 Å². The van der Waals surface area contributed by atoms with Gasteiger partial charge in [-0.1, -0.05) is 22.7 Å². The average molecular weight is 258 g/mol. The fraction of sp³-hybridized carbons (Fsp3) is 0.300. The van der Waals surface area contributed by atoms with Crippen molar-refractivity contribution < 1.29 is 18.0 Å². The van der Waals surface area contributed by atoms with Crippen molar-refractivity contribution in [3.8, 4) is 0 Å². The summed E-state index contributed by atoms with van der Waals surface area (Å²) in [7, 11) is -1.16. The molecular formula is C10H14N2O4S. The fourth-order valence-corrected chi connectivity index (χ4v) is 1.92. The summed E-state index contributed by atoms with van der Waals surface area (Å²) in [5.74, 6) is 0. The predicted octanol–water partition coefficient (Wildman–Crippen LogP) is 1.07. The van der Waals surface area contributed by atoms with E-state index in [0.717, 1.165) is 13.4 Å². The molecule has 0 atom stereocenters. The Morgan fingerprint density at radius 3 is 2.18 bits per heavy atom. The highest BCUT2D eigenvalue weighted by Crippen LogP contribution is 2.14. The van der Waals surface area contributed by atoms with Crippen molar-refractivity contribution in [3.63, 3.8) is 0 Å². The second kappa shape index (κ2) is 5.15. The van der Waals surface area contributed by atoms with Crippen LogP contribution in [0.3, 0.4) is 0 Å². The number of anilines is 1. The number of carbonyl (C=O) groups excluding carboxylic acids is 1. The van der Waals surface area contributed by atoms with Gasteiger partial charge in [-0.25, -0.2) is 13.2 Å². The van der Waals surface area contributed by atoms with Gasteiger partial charge >= 0.3 is 6.03 Å². The quantitative estimate of drug-likeness (QED) is 0.760. The third kappa shape index (κ3) is 3.18. The van der Waals surface area contributed by atoms with E-state index >= 15 is 0 Å². The zero-order valence-electron chi connectivity index (χ0n) is 9.82. The number of rotatable bonds is 3. The minimum absolute atomic E-state index is 0.333. The molecule has 0 aliphatic rings. The maximum absolute atomic E-state index is 11.9. The molecule has 2 amide bonds. The molecule has 0 unspecified atom stereocenters. The molecule has 0 aliphatic heterocycles. The molecule has 0 spiro atoms.